The first-order valence-corrected chi connectivity index (χ1v) is 12.1. The molecule has 0 aromatic heterocycles. The zero-order chi connectivity index (χ0) is 26.0. The number of benzene rings is 3. The molecule has 8 nitrogen and oxygen atoms in total. The number of aryl methyl sites for hydroxylation is 1. The minimum absolute atomic E-state index is 0.0428. The zero-order valence-electron chi connectivity index (χ0n) is 20.9. The number of rotatable bonds is 12. The summed E-state index contributed by atoms with van der Waals surface area (Å²) >= 11 is 0. The van der Waals surface area contributed by atoms with Crippen LogP contribution in [0.3, 0.4) is 0 Å². The van der Waals surface area contributed by atoms with Crippen LogP contribution in [0.4, 0.5) is 5.69 Å². The Kier molecular flexibility index (Phi) is 8.78. The van der Waals surface area contributed by atoms with Gasteiger partial charge < -0.3 is 18.9 Å². The molecule has 0 unspecified atom stereocenters. The second-order valence-corrected chi connectivity index (χ2v) is 8.24. The molecule has 1 aliphatic rings. The monoisotopic (exact) mass is 502 g/mol. The largest absolute Gasteiger partial charge is 0.491 e. The van der Waals surface area contributed by atoms with Crippen molar-refractivity contribution in [2.24, 2.45) is 0 Å². The molecule has 1 saturated heterocycles. The lowest BCUT2D eigenvalue weighted by atomic mass is 10.1. The minimum atomic E-state index is -0.462. The number of hydrogen-bond acceptors (Lipinski definition) is 6. The maximum Gasteiger partial charge on any atom is 0.282 e. The smallest absolute Gasteiger partial charge is 0.282 e. The van der Waals surface area contributed by atoms with Crippen LogP contribution in [0.5, 0.6) is 17.2 Å². The van der Waals surface area contributed by atoms with E-state index in [1.54, 1.807) is 48.5 Å². The fraction of sp³-hybridized carbons (Fsp3) is 0.241. The number of carbonyl (C=O) groups is 2. The number of amides is 2. The van der Waals surface area contributed by atoms with Crippen molar-refractivity contribution in [3.8, 4) is 17.2 Å². The topological polar surface area (TPSA) is 86.3 Å². The molecule has 0 radical (unpaired) electrons. The Labute approximate surface area is 216 Å². The average Bonchev–Trinajstić information content (AvgIpc) is 3.18. The van der Waals surface area contributed by atoms with E-state index in [4.69, 9.17) is 18.9 Å². The van der Waals surface area contributed by atoms with Gasteiger partial charge in [0.15, 0.2) is 11.5 Å². The third-order valence-electron chi connectivity index (χ3n) is 5.46. The molecule has 0 bridgehead atoms. The van der Waals surface area contributed by atoms with Crippen LogP contribution < -0.4 is 24.6 Å². The molecular formula is C29H30N2O6. The van der Waals surface area contributed by atoms with Gasteiger partial charge in [-0.15, -0.1) is 0 Å². The molecule has 0 aliphatic carbocycles. The van der Waals surface area contributed by atoms with E-state index in [-0.39, 0.29) is 5.57 Å². The van der Waals surface area contributed by atoms with Gasteiger partial charge in [-0.05, 0) is 67.4 Å². The van der Waals surface area contributed by atoms with Crippen LogP contribution in [-0.2, 0) is 14.3 Å². The number of anilines is 1. The van der Waals surface area contributed by atoms with E-state index < -0.39 is 11.8 Å². The van der Waals surface area contributed by atoms with Crippen LogP contribution in [-0.4, -0.2) is 44.8 Å². The SMILES string of the molecule is CCOc1cc(/C=C2\C(=O)NN(c3ccccc3)C2=O)ccc1OCCOCCOc1cccc(C)c1. The van der Waals surface area contributed by atoms with Gasteiger partial charge in [0.2, 0.25) is 0 Å². The molecule has 37 heavy (non-hydrogen) atoms. The van der Waals surface area contributed by atoms with Crippen molar-refractivity contribution in [3.63, 3.8) is 0 Å². The van der Waals surface area contributed by atoms with Crippen molar-refractivity contribution in [2.75, 3.05) is 38.0 Å². The van der Waals surface area contributed by atoms with E-state index in [2.05, 4.69) is 5.43 Å². The molecule has 1 heterocycles. The van der Waals surface area contributed by atoms with E-state index in [9.17, 15) is 9.59 Å². The third-order valence-corrected chi connectivity index (χ3v) is 5.46. The fourth-order valence-corrected chi connectivity index (χ4v) is 3.72. The van der Waals surface area contributed by atoms with Crippen LogP contribution in [0.15, 0.2) is 78.4 Å². The van der Waals surface area contributed by atoms with Crippen molar-refractivity contribution < 1.29 is 28.5 Å². The Morgan fingerprint density at radius 2 is 1.59 bits per heavy atom. The first-order valence-electron chi connectivity index (χ1n) is 12.1. The summed E-state index contributed by atoms with van der Waals surface area (Å²) in [5, 5.41) is 1.24. The average molecular weight is 503 g/mol. The maximum absolute atomic E-state index is 12.8. The first kappa shape index (κ1) is 25.8. The predicted octanol–water partition coefficient (Wildman–Crippen LogP) is 4.33. The standard InChI is InChI=1S/C29H30N2O6/c1-3-35-27-20-22(19-25-28(32)30-31(29(25)33)23-9-5-4-6-10-23)12-13-26(27)37-17-15-34-14-16-36-24-11-7-8-21(2)18-24/h4-13,18-20H,3,14-17H2,1-2H3,(H,30,32)/b25-19+. The Balaban J connectivity index is 1.31. The van der Waals surface area contributed by atoms with Crippen LogP contribution in [0.1, 0.15) is 18.1 Å². The molecule has 8 heteroatoms. The van der Waals surface area contributed by atoms with E-state index in [1.807, 2.05) is 44.2 Å². The predicted molar refractivity (Wildman–Crippen MR) is 141 cm³/mol. The Hall–Kier alpha value is -4.30. The molecule has 0 saturated carbocycles. The van der Waals surface area contributed by atoms with Gasteiger partial charge in [0.1, 0.15) is 24.5 Å². The molecule has 192 valence electrons. The molecule has 4 rings (SSSR count). The number of nitrogens with one attached hydrogen (secondary N) is 1. The van der Waals surface area contributed by atoms with Crippen molar-refractivity contribution in [2.45, 2.75) is 13.8 Å². The number of hydrogen-bond donors (Lipinski definition) is 1. The molecule has 1 aliphatic heterocycles. The lowest BCUT2D eigenvalue weighted by molar-refractivity contribution is -0.117. The Morgan fingerprint density at radius 3 is 2.35 bits per heavy atom. The zero-order valence-corrected chi connectivity index (χ0v) is 20.9. The summed E-state index contributed by atoms with van der Waals surface area (Å²) in [4.78, 5) is 25.3. The van der Waals surface area contributed by atoms with Crippen molar-refractivity contribution in [1.82, 2.24) is 5.43 Å². The van der Waals surface area contributed by atoms with Crippen LogP contribution in [0.25, 0.3) is 6.08 Å². The summed E-state index contributed by atoms with van der Waals surface area (Å²) in [6, 6.07) is 22.1. The molecule has 2 amide bonds. The highest BCUT2D eigenvalue weighted by Crippen LogP contribution is 2.30. The number of carbonyl (C=O) groups excluding carboxylic acids is 2. The molecule has 3 aromatic carbocycles. The maximum atomic E-state index is 12.8. The van der Waals surface area contributed by atoms with Crippen molar-refractivity contribution in [1.29, 1.82) is 0 Å². The van der Waals surface area contributed by atoms with Gasteiger partial charge in [-0.3, -0.25) is 15.0 Å². The number of nitrogens with zero attached hydrogens (tertiary/aromatic N) is 1. The van der Waals surface area contributed by atoms with Gasteiger partial charge in [0, 0.05) is 0 Å². The van der Waals surface area contributed by atoms with Gasteiger partial charge in [0.05, 0.1) is 25.5 Å². The molecule has 0 atom stereocenters. The summed E-state index contributed by atoms with van der Waals surface area (Å²) in [5.41, 5.74) is 5.02. The number of hydrazine groups is 1. The normalized spacial score (nSPS) is 14.1. The Morgan fingerprint density at radius 1 is 0.811 bits per heavy atom. The molecule has 0 spiro atoms. The van der Waals surface area contributed by atoms with E-state index >= 15 is 0 Å². The van der Waals surface area contributed by atoms with Crippen molar-refractivity contribution >= 4 is 23.6 Å². The van der Waals surface area contributed by atoms with Gasteiger partial charge in [-0.1, -0.05) is 36.4 Å². The lowest BCUT2D eigenvalue weighted by Gasteiger charge is -2.14. The van der Waals surface area contributed by atoms with Crippen LogP contribution in [0.2, 0.25) is 0 Å². The summed E-state index contributed by atoms with van der Waals surface area (Å²) < 4.78 is 22.8. The van der Waals surface area contributed by atoms with Gasteiger partial charge in [0.25, 0.3) is 11.8 Å². The van der Waals surface area contributed by atoms with E-state index in [0.29, 0.717) is 55.8 Å². The summed E-state index contributed by atoms with van der Waals surface area (Å²) in [5.74, 6) is 1.01. The van der Waals surface area contributed by atoms with Crippen molar-refractivity contribution in [3.05, 3.63) is 89.5 Å². The molecular weight excluding hydrogens is 472 g/mol. The minimum Gasteiger partial charge on any atom is -0.491 e. The van der Waals surface area contributed by atoms with Crippen LogP contribution >= 0.6 is 0 Å². The van der Waals surface area contributed by atoms with Gasteiger partial charge >= 0.3 is 0 Å². The second-order valence-electron chi connectivity index (χ2n) is 8.24. The summed E-state index contributed by atoms with van der Waals surface area (Å²) in [6.07, 6.45) is 1.55. The molecule has 1 fully saturated rings. The highest BCUT2D eigenvalue weighted by atomic mass is 16.6. The van der Waals surface area contributed by atoms with E-state index in [1.165, 1.54) is 5.01 Å². The third kappa shape index (κ3) is 6.89. The lowest BCUT2D eigenvalue weighted by Crippen LogP contribution is -2.35. The van der Waals surface area contributed by atoms with Crippen LogP contribution in [0, 0.1) is 6.92 Å². The van der Waals surface area contributed by atoms with Gasteiger partial charge in [-0.2, -0.15) is 0 Å². The quantitative estimate of drug-likeness (QED) is 0.225. The second kappa shape index (κ2) is 12.6. The summed E-state index contributed by atoms with van der Waals surface area (Å²) in [6.45, 7) is 5.94. The Bertz CT molecular complexity index is 1260. The molecule has 3 aromatic rings. The van der Waals surface area contributed by atoms with E-state index in [0.717, 1.165) is 11.3 Å². The highest BCUT2D eigenvalue weighted by molar-refractivity contribution is 6.31. The fourth-order valence-electron chi connectivity index (χ4n) is 3.72. The number of para-hydroxylation sites is 1. The first-order chi connectivity index (χ1) is 18.0. The number of ether oxygens (including phenoxy) is 4. The molecule has 1 N–H and O–H groups in total. The van der Waals surface area contributed by atoms with Gasteiger partial charge in [-0.25, -0.2) is 5.01 Å². The highest BCUT2D eigenvalue weighted by Gasteiger charge is 2.34. The summed E-state index contributed by atoms with van der Waals surface area (Å²) in [7, 11) is 0.